The quantitative estimate of drug-likeness (QED) is 0.898. The van der Waals surface area contributed by atoms with Crippen molar-refractivity contribution in [3.05, 3.63) is 29.8 Å². The van der Waals surface area contributed by atoms with Crippen molar-refractivity contribution in [3.63, 3.8) is 0 Å². The van der Waals surface area contributed by atoms with Gasteiger partial charge in [0.05, 0.1) is 13.2 Å². The Morgan fingerprint density at radius 2 is 1.77 bits per heavy atom. The highest BCUT2D eigenvalue weighted by Gasteiger charge is 2.27. The van der Waals surface area contributed by atoms with Crippen molar-refractivity contribution in [2.45, 2.75) is 19.0 Å². The molecule has 124 valence electrons. The van der Waals surface area contributed by atoms with Gasteiger partial charge in [0.2, 0.25) is 5.91 Å². The molecule has 1 amide bonds. The number of carbonyl (C=O) groups is 1. The highest BCUT2D eigenvalue weighted by molar-refractivity contribution is 5.96. The lowest BCUT2D eigenvalue weighted by Crippen LogP contribution is -2.35. The first-order chi connectivity index (χ1) is 9.72. The van der Waals surface area contributed by atoms with Crippen LogP contribution in [0.2, 0.25) is 0 Å². The number of morpholine rings is 1. The van der Waals surface area contributed by atoms with Gasteiger partial charge in [-0.05, 0) is 17.7 Å². The molecule has 0 spiro atoms. The highest BCUT2D eigenvalue weighted by Crippen LogP contribution is 2.21. The summed E-state index contributed by atoms with van der Waals surface area (Å²) < 4.78 is 5.35. The molecule has 22 heavy (non-hydrogen) atoms. The molecule has 1 aromatic carbocycles. The van der Waals surface area contributed by atoms with Crippen molar-refractivity contribution in [1.82, 2.24) is 4.90 Å². The van der Waals surface area contributed by atoms with Crippen LogP contribution in [0.4, 0.5) is 5.69 Å². The van der Waals surface area contributed by atoms with E-state index in [2.05, 4.69) is 17.0 Å². The van der Waals surface area contributed by atoms with E-state index in [1.54, 1.807) is 4.90 Å². The molecule has 2 heterocycles. The van der Waals surface area contributed by atoms with E-state index in [-0.39, 0.29) is 36.8 Å². The van der Waals surface area contributed by atoms with Gasteiger partial charge in [0.15, 0.2) is 0 Å². The number of halogens is 2. The average molecular weight is 348 g/mol. The van der Waals surface area contributed by atoms with Crippen LogP contribution in [0.15, 0.2) is 24.3 Å². The van der Waals surface area contributed by atoms with Crippen LogP contribution in [0.25, 0.3) is 0 Å². The number of nitrogens with zero attached hydrogens (tertiary/aromatic N) is 2. The summed E-state index contributed by atoms with van der Waals surface area (Å²) >= 11 is 0. The zero-order valence-electron chi connectivity index (χ0n) is 12.4. The van der Waals surface area contributed by atoms with Gasteiger partial charge < -0.3 is 15.4 Å². The van der Waals surface area contributed by atoms with Crippen molar-refractivity contribution < 1.29 is 9.53 Å². The molecule has 0 unspecified atom stereocenters. The fourth-order valence-electron chi connectivity index (χ4n) is 2.78. The maximum atomic E-state index is 11.8. The van der Waals surface area contributed by atoms with Crippen LogP contribution in [0, 0.1) is 0 Å². The predicted molar refractivity (Wildman–Crippen MR) is 92.0 cm³/mol. The number of anilines is 1. The van der Waals surface area contributed by atoms with Gasteiger partial charge in [-0.1, -0.05) is 12.1 Å². The Balaban J connectivity index is 0.00000121. The van der Waals surface area contributed by atoms with E-state index in [1.807, 2.05) is 12.1 Å². The predicted octanol–water partition coefficient (Wildman–Crippen LogP) is 1.43. The van der Waals surface area contributed by atoms with Gasteiger partial charge in [-0.2, -0.15) is 0 Å². The number of nitrogens with two attached hydrogens (primary N) is 1. The summed E-state index contributed by atoms with van der Waals surface area (Å²) in [7, 11) is 0. The van der Waals surface area contributed by atoms with E-state index in [0.29, 0.717) is 13.0 Å². The molecule has 0 aliphatic carbocycles. The smallest absolute Gasteiger partial charge is 0.228 e. The standard InChI is InChI=1S/C15H21N3O2.2ClH/c16-13-9-15(19)18(11-13)14-3-1-12(2-4-14)10-17-5-7-20-8-6-17;;/h1-4,13H,5-11,16H2;2*1H/t13-;;/m0../s1. The molecule has 5 nitrogen and oxygen atoms in total. The van der Waals surface area contributed by atoms with E-state index in [9.17, 15) is 4.79 Å². The van der Waals surface area contributed by atoms with Crippen LogP contribution in [0.1, 0.15) is 12.0 Å². The first kappa shape index (κ1) is 19.2. The van der Waals surface area contributed by atoms with Crippen LogP contribution in [0.3, 0.4) is 0 Å². The van der Waals surface area contributed by atoms with Crippen molar-refractivity contribution in [2.24, 2.45) is 5.73 Å². The minimum absolute atomic E-state index is 0. The van der Waals surface area contributed by atoms with Gasteiger partial charge in [-0.25, -0.2) is 0 Å². The van der Waals surface area contributed by atoms with Crippen molar-refractivity contribution in [3.8, 4) is 0 Å². The van der Waals surface area contributed by atoms with Crippen LogP contribution in [-0.4, -0.2) is 49.7 Å². The second-order valence-electron chi connectivity index (χ2n) is 5.52. The van der Waals surface area contributed by atoms with Gasteiger partial charge in [-0.15, -0.1) is 24.8 Å². The summed E-state index contributed by atoms with van der Waals surface area (Å²) in [6.45, 7) is 5.18. The molecule has 2 aliphatic rings. The molecule has 2 fully saturated rings. The van der Waals surface area contributed by atoms with Crippen LogP contribution in [-0.2, 0) is 16.1 Å². The Hall–Kier alpha value is -0.850. The molecule has 0 radical (unpaired) electrons. The Morgan fingerprint density at radius 1 is 1.14 bits per heavy atom. The maximum absolute atomic E-state index is 11.8. The Kier molecular flexibility index (Phi) is 7.59. The molecule has 7 heteroatoms. The number of ether oxygens (including phenoxy) is 1. The maximum Gasteiger partial charge on any atom is 0.228 e. The van der Waals surface area contributed by atoms with Gasteiger partial charge in [0, 0.05) is 44.3 Å². The van der Waals surface area contributed by atoms with Crippen molar-refractivity contribution in [2.75, 3.05) is 37.7 Å². The van der Waals surface area contributed by atoms with Gasteiger partial charge in [0.1, 0.15) is 0 Å². The van der Waals surface area contributed by atoms with E-state index in [0.717, 1.165) is 38.5 Å². The first-order valence-corrected chi connectivity index (χ1v) is 7.17. The van der Waals surface area contributed by atoms with Crippen molar-refractivity contribution >= 4 is 36.4 Å². The molecular weight excluding hydrogens is 325 g/mol. The fraction of sp³-hybridized carbons (Fsp3) is 0.533. The van der Waals surface area contributed by atoms with E-state index in [4.69, 9.17) is 10.5 Å². The van der Waals surface area contributed by atoms with Crippen LogP contribution in [0.5, 0.6) is 0 Å². The van der Waals surface area contributed by atoms with Crippen LogP contribution >= 0.6 is 24.8 Å². The highest BCUT2D eigenvalue weighted by atomic mass is 35.5. The number of rotatable bonds is 3. The summed E-state index contributed by atoms with van der Waals surface area (Å²) in [5.74, 6) is 0.124. The molecule has 1 aromatic rings. The second kappa shape index (κ2) is 8.70. The van der Waals surface area contributed by atoms with Gasteiger partial charge >= 0.3 is 0 Å². The van der Waals surface area contributed by atoms with Gasteiger partial charge in [0.25, 0.3) is 0 Å². The monoisotopic (exact) mass is 347 g/mol. The summed E-state index contributed by atoms with van der Waals surface area (Å²) in [5, 5.41) is 0. The number of benzene rings is 1. The SMILES string of the molecule is Cl.Cl.N[C@H]1CC(=O)N(c2ccc(CN3CCOCC3)cc2)C1. The molecular formula is C15H23Cl2N3O2. The number of hydrogen-bond donors (Lipinski definition) is 1. The Bertz CT molecular complexity index is 478. The zero-order valence-corrected chi connectivity index (χ0v) is 14.1. The number of hydrogen-bond acceptors (Lipinski definition) is 4. The fourth-order valence-corrected chi connectivity index (χ4v) is 2.78. The molecule has 2 aliphatic heterocycles. The van der Waals surface area contributed by atoms with Crippen molar-refractivity contribution in [1.29, 1.82) is 0 Å². The summed E-state index contributed by atoms with van der Waals surface area (Å²) in [6.07, 6.45) is 0.454. The number of carbonyl (C=O) groups excluding carboxylic acids is 1. The summed E-state index contributed by atoms with van der Waals surface area (Å²) in [6, 6.07) is 8.21. The Morgan fingerprint density at radius 3 is 2.32 bits per heavy atom. The lowest BCUT2D eigenvalue weighted by molar-refractivity contribution is -0.117. The van der Waals surface area contributed by atoms with Gasteiger partial charge in [-0.3, -0.25) is 9.69 Å². The van der Waals surface area contributed by atoms with E-state index >= 15 is 0 Å². The third kappa shape index (κ3) is 4.57. The van der Waals surface area contributed by atoms with E-state index in [1.165, 1.54) is 5.56 Å². The number of amides is 1. The normalized spacial score (nSPS) is 22.1. The first-order valence-electron chi connectivity index (χ1n) is 7.17. The minimum atomic E-state index is -0.0319. The minimum Gasteiger partial charge on any atom is -0.379 e. The molecule has 1 atom stereocenters. The topological polar surface area (TPSA) is 58.8 Å². The lowest BCUT2D eigenvalue weighted by atomic mass is 10.2. The largest absolute Gasteiger partial charge is 0.379 e. The molecule has 2 saturated heterocycles. The molecule has 0 aromatic heterocycles. The third-order valence-corrected chi connectivity index (χ3v) is 3.91. The summed E-state index contributed by atoms with van der Waals surface area (Å²) in [5.41, 5.74) is 8.05. The summed E-state index contributed by atoms with van der Waals surface area (Å²) in [4.78, 5) is 16.0. The molecule has 3 rings (SSSR count). The van der Waals surface area contributed by atoms with Crippen LogP contribution < -0.4 is 10.6 Å². The average Bonchev–Trinajstić information content (AvgIpc) is 2.80. The zero-order chi connectivity index (χ0) is 13.9. The van der Waals surface area contributed by atoms with E-state index < -0.39 is 0 Å². The lowest BCUT2D eigenvalue weighted by Gasteiger charge is -2.26. The Labute approximate surface area is 143 Å². The molecule has 0 bridgehead atoms. The molecule has 0 saturated carbocycles. The second-order valence-corrected chi connectivity index (χ2v) is 5.52. The third-order valence-electron chi connectivity index (χ3n) is 3.91. The molecule has 2 N–H and O–H groups in total.